The van der Waals surface area contributed by atoms with Gasteiger partial charge in [0.25, 0.3) is 5.56 Å². The van der Waals surface area contributed by atoms with Crippen LogP contribution >= 0.6 is 11.3 Å². The van der Waals surface area contributed by atoms with Crippen molar-refractivity contribution in [2.75, 3.05) is 7.11 Å². The van der Waals surface area contributed by atoms with E-state index in [1.165, 1.54) is 11.3 Å². The van der Waals surface area contributed by atoms with Gasteiger partial charge in [0.1, 0.15) is 22.2 Å². The second kappa shape index (κ2) is 7.87. The quantitative estimate of drug-likeness (QED) is 0.595. The van der Waals surface area contributed by atoms with Crippen molar-refractivity contribution in [3.8, 4) is 16.9 Å². The highest BCUT2D eigenvalue weighted by Crippen LogP contribution is 2.40. The van der Waals surface area contributed by atoms with Crippen LogP contribution in [0.4, 0.5) is 0 Å². The minimum atomic E-state index is -0.0853. The van der Waals surface area contributed by atoms with Gasteiger partial charge in [0.15, 0.2) is 0 Å². The number of thiophene rings is 1. The van der Waals surface area contributed by atoms with Crippen molar-refractivity contribution in [3.05, 3.63) is 44.8 Å². The normalized spacial score (nSPS) is 11.4. The molecule has 5 nitrogen and oxygen atoms in total. The van der Waals surface area contributed by atoms with Crippen LogP contribution in [-0.2, 0) is 11.3 Å². The summed E-state index contributed by atoms with van der Waals surface area (Å²) >= 11 is 1.53. The number of aromatic nitrogens is 2. The van der Waals surface area contributed by atoms with Gasteiger partial charge in [0.05, 0.1) is 12.5 Å². The largest absolute Gasteiger partial charge is 0.496 e. The van der Waals surface area contributed by atoms with Gasteiger partial charge in [0, 0.05) is 34.9 Å². The molecule has 28 heavy (non-hydrogen) atoms. The minimum Gasteiger partial charge on any atom is -0.496 e. The molecule has 0 N–H and O–H groups in total. The second-order valence-corrected chi connectivity index (χ2v) is 8.65. The van der Waals surface area contributed by atoms with Gasteiger partial charge < -0.3 is 4.74 Å². The molecular weight excluding hydrogens is 372 g/mol. The fraction of sp³-hybridized carbons (Fsp3) is 0.409. The smallest absolute Gasteiger partial charge is 0.262 e. The first-order valence-electron chi connectivity index (χ1n) is 9.42. The molecule has 0 spiro atoms. The third-order valence-corrected chi connectivity index (χ3v) is 5.84. The van der Waals surface area contributed by atoms with E-state index in [-0.39, 0.29) is 17.3 Å². The molecule has 0 amide bonds. The molecule has 0 saturated carbocycles. The fourth-order valence-electron chi connectivity index (χ4n) is 3.48. The summed E-state index contributed by atoms with van der Waals surface area (Å²) in [5.74, 6) is 1.60. The maximum absolute atomic E-state index is 13.5. The first-order valence-corrected chi connectivity index (χ1v) is 10.2. The summed E-state index contributed by atoms with van der Waals surface area (Å²) in [7, 11) is 1.64. The number of benzene rings is 1. The Morgan fingerprint density at radius 3 is 2.61 bits per heavy atom. The average Bonchev–Trinajstić information content (AvgIpc) is 2.96. The molecule has 0 unspecified atom stereocenters. The molecule has 1 aromatic carbocycles. The molecule has 2 heterocycles. The second-order valence-electron chi connectivity index (χ2n) is 7.45. The van der Waals surface area contributed by atoms with Gasteiger partial charge in [-0.25, -0.2) is 4.98 Å². The maximum Gasteiger partial charge on any atom is 0.262 e. The van der Waals surface area contributed by atoms with Gasteiger partial charge in [-0.1, -0.05) is 25.5 Å². The van der Waals surface area contributed by atoms with E-state index in [0.29, 0.717) is 18.4 Å². The van der Waals surface area contributed by atoms with Gasteiger partial charge >= 0.3 is 0 Å². The van der Waals surface area contributed by atoms with E-state index in [9.17, 15) is 9.59 Å². The van der Waals surface area contributed by atoms with Crippen LogP contribution in [0.5, 0.6) is 5.75 Å². The molecule has 3 rings (SSSR count). The molecule has 0 saturated heterocycles. The fourth-order valence-corrected chi connectivity index (χ4v) is 4.51. The molecule has 0 atom stereocenters. The molecule has 2 aromatic heterocycles. The maximum atomic E-state index is 13.5. The number of ether oxygens (including phenoxy) is 1. The van der Waals surface area contributed by atoms with Crippen molar-refractivity contribution in [3.63, 3.8) is 0 Å². The Hall–Kier alpha value is -2.47. The van der Waals surface area contributed by atoms with Crippen LogP contribution in [0.15, 0.2) is 23.0 Å². The summed E-state index contributed by atoms with van der Waals surface area (Å²) in [5, 5.41) is 0.611. The highest BCUT2D eigenvalue weighted by atomic mass is 32.1. The zero-order valence-corrected chi connectivity index (χ0v) is 18.1. The van der Waals surface area contributed by atoms with Gasteiger partial charge in [0.2, 0.25) is 0 Å². The number of Topliss-reactive ketones (excluding diaryl/α,β-unsaturated/α-hetero) is 1. The molecule has 3 aromatic rings. The molecule has 0 radical (unpaired) electrons. The number of carbonyl (C=O) groups is 1. The van der Waals surface area contributed by atoms with Crippen LogP contribution in [0.2, 0.25) is 0 Å². The third kappa shape index (κ3) is 3.61. The van der Waals surface area contributed by atoms with E-state index in [1.54, 1.807) is 18.6 Å². The standard InChI is InChI=1S/C22H26N2O3S/c1-12(2)20-23-21-19(22(26)24(20)10-9-14(4)25)18(15(5)28-21)16-11-13(3)7-8-17(16)27-6/h7-8,11-12H,9-10H2,1-6H3. The highest BCUT2D eigenvalue weighted by molar-refractivity contribution is 7.19. The highest BCUT2D eigenvalue weighted by Gasteiger charge is 2.22. The number of rotatable bonds is 6. The first-order chi connectivity index (χ1) is 13.2. The van der Waals surface area contributed by atoms with Crippen molar-refractivity contribution in [2.24, 2.45) is 0 Å². The number of carbonyl (C=O) groups excluding carboxylic acids is 1. The zero-order valence-electron chi connectivity index (χ0n) is 17.3. The molecule has 148 valence electrons. The Bertz CT molecular complexity index is 1110. The van der Waals surface area contributed by atoms with Gasteiger partial charge in [-0.2, -0.15) is 0 Å². The average molecular weight is 399 g/mol. The third-order valence-electron chi connectivity index (χ3n) is 4.85. The summed E-state index contributed by atoms with van der Waals surface area (Å²) in [6, 6.07) is 5.97. The van der Waals surface area contributed by atoms with Crippen LogP contribution in [0, 0.1) is 13.8 Å². The lowest BCUT2D eigenvalue weighted by atomic mass is 10.0. The molecule has 0 bridgehead atoms. The number of ketones is 1. The molecule has 0 aliphatic rings. The van der Waals surface area contributed by atoms with E-state index in [4.69, 9.17) is 9.72 Å². The summed E-state index contributed by atoms with van der Waals surface area (Å²) in [6.07, 6.45) is 0.318. The van der Waals surface area contributed by atoms with Gasteiger partial charge in [-0.15, -0.1) is 11.3 Å². The predicted octanol–water partition coefficient (Wildman–Crippen LogP) is 4.85. The van der Waals surface area contributed by atoms with E-state index < -0.39 is 0 Å². The number of nitrogens with zero attached hydrogens (tertiary/aromatic N) is 2. The van der Waals surface area contributed by atoms with E-state index in [2.05, 4.69) is 0 Å². The van der Waals surface area contributed by atoms with Crippen LogP contribution in [0.3, 0.4) is 0 Å². The van der Waals surface area contributed by atoms with Crippen molar-refractivity contribution in [1.29, 1.82) is 0 Å². The van der Waals surface area contributed by atoms with E-state index in [0.717, 1.165) is 38.0 Å². The number of methoxy groups -OCH3 is 1. The SMILES string of the molecule is COc1ccc(C)cc1-c1c(C)sc2nc(C(C)C)n(CCC(C)=O)c(=O)c12. The lowest BCUT2D eigenvalue weighted by Crippen LogP contribution is -2.26. The number of hydrogen-bond donors (Lipinski definition) is 0. The van der Waals surface area contributed by atoms with Gasteiger partial charge in [-0.3, -0.25) is 14.2 Å². The Labute approximate surface area is 169 Å². The Balaban J connectivity index is 2.36. The Kier molecular flexibility index (Phi) is 5.70. The van der Waals surface area contributed by atoms with Crippen LogP contribution < -0.4 is 10.3 Å². The topological polar surface area (TPSA) is 61.2 Å². The Morgan fingerprint density at radius 1 is 1.29 bits per heavy atom. The predicted molar refractivity (Wildman–Crippen MR) is 115 cm³/mol. The van der Waals surface area contributed by atoms with Gasteiger partial charge in [-0.05, 0) is 32.9 Å². The summed E-state index contributed by atoms with van der Waals surface area (Å²) in [4.78, 5) is 31.7. The summed E-state index contributed by atoms with van der Waals surface area (Å²) in [6.45, 7) is 9.96. The van der Waals surface area contributed by atoms with E-state index >= 15 is 0 Å². The molecule has 6 heteroatoms. The molecule has 0 fully saturated rings. The molecular formula is C22H26N2O3S. The monoisotopic (exact) mass is 398 g/mol. The summed E-state index contributed by atoms with van der Waals surface area (Å²) < 4.78 is 7.24. The lowest BCUT2D eigenvalue weighted by molar-refractivity contribution is -0.117. The summed E-state index contributed by atoms with van der Waals surface area (Å²) in [5.41, 5.74) is 2.79. The van der Waals surface area contributed by atoms with Crippen LogP contribution in [0.1, 0.15) is 49.4 Å². The lowest BCUT2D eigenvalue weighted by Gasteiger charge is -2.15. The van der Waals surface area contributed by atoms with Crippen molar-refractivity contribution in [2.45, 2.75) is 53.5 Å². The first kappa shape index (κ1) is 20.3. The zero-order chi connectivity index (χ0) is 20.6. The number of hydrogen-bond acceptors (Lipinski definition) is 5. The van der Waals surface area contributed by atoms with Crippen molar-refractivity contribution in [1.82, 2.24) is 9.55 Å². The minimum absolute atomic E-state index is 0.0591. The van der Waals surface area contributed by atoms with Crippen LogP contribution in [0.25, 0.3) is 21.3 Å². The van der Waals surface area contributed by atoms with Crippen LogP contribution in [-0.4, -0.2) is 22.4 Å². The molecule has 0 aliphatic heterocycles. The molecule has 0 aliphatic carbocycles. The van der Waals surface area contributed by atoms with E-state index in [1.807, 2.05) is 45.9 Å². The van der Waals surface area contributed by atoms with Crippen molar-refractivity contribution >= 4 is 27.3 Å². The Morgan fingerprint density at radius 2 is 2.00 bits per heavy atom. The van der Waals surface area contributed by atoms with Crippen molar-refractivity contribution < 1.29 is 9.53 Å². The number of fused-ring (bicyclic) bond motifs is 1. The number of aryl methyl sites for hydroxylation is 2.